The van der Waals surface area contributed by atoms with Crippen LogP contribution in [-0.2, 0) is 6.54 Å². The van der Waals surface area contributed by atoms with Gasteiger partial charge in [0.05, 0.1) is 5.02 Å². The van der Waals surface area contributed by atoms with Crippen LogP contribution in [0.5, 0.6) is 0 Å². The van der Waals surface area contributed by atoms with E-state index in [0.717, 1.165) is 25.1 Å². The topological polar surface area (TPSA) is 37.8 Å². The van der Waals surface area contributed by atoms with Crippen LogP contribution in [0.3, 0.4) is 0 Å². The van der Waals surface area contributed by atoms with E-state index in [0.29, 0.717) is 6.04 Å². The van der Waals surface area contributed by atoms with Gasteiger partial charge < -0.3 is 5.32 Å². The molecule has 0 aliphatic heterocycles. The minimum Gasteiger partial charge on any atom is -0.310 e. The summed E-state index contributed by atoms with van der Waals surface area (Å²) in [6.07, 6.45) is 4.59. The molecule has 0 unspecified atom stereocenters. The molecule has 1 saturated carbocycles. The van der Waals surface area contributed by atoms with Gasteiger partial charge in [-0.15, -0.1) is 10.2 Å². The number of hydrogen-bond donors (Lipinski definition) is 1. The van der Waals surface area contributed by atoms with E-state index in [-0.39, 0.29) is 0 Å². The molecular weight excluding hydrogens is 330 g/mol. The Labute approximate surface area is 135 Å². The summed E-state index contributed by atoms with van der Waals surface area (Å²) in [5.74, 6) is 0. The van der Waals surface area contributed by atoms with Crippen molar-refractivity contribution in [3.8, 4) is 0 Å². The zero-order valence-corrected chi connectivity index (χ0v) is 14.1. The van der Waals surface area contributed by atoms with Crippen molar-refractivity contribution in [3.05, 3.63) is 28.8 Å². The van der Waals surface area contributed by atoms with Gasteiger partial charge in [0.1, 0.15) is 0 Å². The number of benzene rings is 1. The first-order valence-corrected chi connectivity index (χ1v) is 9.56. The van der Waals surface area contributed by atoms with E-state index in [4.69, 9.17) is 11.6 Å². The first-order chi connectivity index (χ1) is 9.76. The highest BCUT2D eigenvalue weighted by molar-refractivity contribution is 8.03. The molecule has 2 aromatic rings. The van der Waals surface area contributed by atoms with Crippen LogP contribution in [0.4, 0.5) is 0 Å². The number of halogens is 1. The van der Waals surface area contributed by atoms with Crippen LogP contribution in [0.2, 0.25) is 5.02 Å². The zero-order valence-electron chi connectivity index (χ0n) is 10.9. The number of aromatic nitrogens is 2. The van der Waals surface area contributed by atoms with Crippen molar-refractivity contribution >= 4 is 46.5 Å². The molecular formula is C13H14ClN3S3. The fourth-order valence-corrected chi connectivity index (χ4v) is 4.58. The molecule has 0 saturated heterocycles. The highest BCUT2D eigenvalue weighted by Crippen LogP contribution is 2.38. The molecule has 1 aromatic heterocycles. The monoisotopic (exact) mass is 343 g/mol. The van der Waals surface area contributed by atoms with E-state index in [1.165, 1.54) is 18.4 Å². The second kappa shape index (κ2) is 6.66. The molecule has 3 nitrogen and oxygen atoms in total. The second-order valence-electron chi connectivity index (χ2n) is 4.52. The van der Waals surface area contributed by atoms with Crippen molar-refractivity contribution in [2.45, 2.75) is 39.0 Å². The average Bonchev–Trinajstić information content (AvgIpc) is 3.17. The van der Waals surface area contributed by atoms with Gasteiger partial charge in [-0.1, -0.05) is 58.6 Å². The molecule has 0 bridgehead atoms. The Morgan fingerprint density at radius 1 is 1.35 bits per heavy atom. The third-order valence-corrected chi connectivity index (χ3v) is 6.52. The Bertz CT molecular complexity index is 598. The van der Waals surface area contributed by atoms with E-state index in [1.54, 1.807) is 34.9 Å². The van der Waals surface area contributed by atoms with Crippen molar-refractivity contribution in [1.29, 1.82) is 0 Å². The predicted molar refractivity (Wildman–Crippen MR) is 87.1 cm³/mol. The van der Waals surface area contributed by atoms with Gasteiger partial charge in [-0.05, 0) is 30.7 Å². The summed E-state index contributed by atoms with van der Waals surface area (Å²) in [5, 5.41) is 12.6. The van der Waals surface area contributed by atoms with Gasteiger partial charge in [-0.3, -0.25) is 0 Å². The van der Waals surface area contributed by atoms with Crippen molar-refractivity contribution in [2.24, 2.45) is 0 Å². The summed E-state index contributed by atoms with van der Waals surface area (Å²) in [5.41, 5.74) is 1.23. The lowest BCUT2D eigenvalue weighted by Gasteiger charge is -2.10. The molecule has 3 rings (SSSR count). The molecule has 1 heterocycles. The summed E-state index contributed by atoms with van der Waals surface area (Å²) >= 11 is 11.2. The van der Waals surface area contributed by atoms with E-state index >= 15 is 0 Å². The van der Waals surface area contributed by atoms with E-state index in [1.807, 2.05) is 18.4 Å². The number of rotatable bonds is 6. The molecule has 0 atom stereocenters. The molecule has 106 valence electrons. The van der Waals surface area contributed by atoms with E-state index in [9.17, 15) is 0 Å². The molecule has 1 aliphatic carbocycles. The average molecular weight is 344 g/mol. The summed E-state index contributed by atoms with van der Waals surface area (Å²) < 4.78 is 1.92. The van der Waals surface area contributed by atoms with Crippen LogP contribution >= 0.6 is 46.5 Å². The third-order valence-electron chi connectivity index (χ3n) is 2.96. The predicted octanol–water partition coefficient (Wildman–Crippen LogP) is 4.32. The Balaban J connectivity index is 1.78. The largest absolute Gasteiger partial charge is 0.310 e. The highest BCUT2D eigenvalue weighted by Gasteiger charge is 2.21. The van der Waals surface area contributed by atoms with Gasteiger partial charge in [0.15, 0.2) is 8.68 Å². The van der Waals surface area contributed by atoms with E-state index < -0.39 is 0 Å². The second-order valence-corrected chi connectivity index (χ2v) is 8.22. The molecule has 1 N–H and O–H groups in total. The first-order valence-electron chi connectivity index (χ1n) is 6.32. The van der Waals surface area contributed by atoms with Gasteiger partial charge in [0.25, 0.3) is 0 Å². The molecule has 0 radical (unpaired) electrons. The fourth-order valence-electron chi connectivity index (χ4n) is 1.76. The Morgan fingerprint density at radius 2 is 2.15 bits per heavy atom. The van der Waals surface area contributed by atoms with Crippen molar-refractivity contribution in [3.63, 3.8) is 0 Å². The van der Waals surface area contributed by atoms with Crippen molar-refractivity contribution in [1.82, 2.24) is 15.5 Å². The number of nitrogens with one attached hydrogen (secondary N) is 1. The first kappa shape index (κ1) is 14.7. The van der Waals surface area contributed by atoms with Crippen LogP contribution in [0.1, 0.15) is 18.4 Å². The molecule has 1 fully saturated rings. The lowest BCUT2D eigenvalue weighted by Crippen LogP contribution is -2.15. The van der Waals surface area contributed by atoms with Gasteiger partial charge in [-0.2, -0.15) is 0 Å². The zero-order chi connectivity index (χ0) is 13.9. The van der Waals surface area contributed by atoms with Crippen LogP contribution in [0, 0.1) is 0 Å². The minimum absolute atomic E-state index is 0.691. The van der Waals surface area contributed by atoms with Crippen LogP contribution < -0.4 is 5.32 Å². The molecule has 1 aliphatic rings. The SMILES string of the molecule is CSc1nnc(Sc2c(Cl)cccc2CNC2CC2)s1. The number of thioether (sulfide) groups is 1. The van der Waals surface area contributed by atoms with Crippen LogP contribution in [-0.4, -0.2) is 22.5 Å². The summed E-state index contributed by atoms with van der Waals surface area (Å²) in [6, 6.07) is 6.75. The fraction of sp³-hybridized carbons (Fsp3) is 0.385. The lowest BCUT2D eigenvalue weighted by molar-refractivity contribution is 0.680. The van der Waals surface area contributed by atoms with E-state index in [2.05, 4.69) is 21.6 Å². The minimum atomic E-state index is 0.691. The van der Waals surface area contributed by atoms with Gasteiger partial charge in [-0.25, -0.2) is 0 Å². The molecule has 1 aromatic carbocycles. The number of hydrogen-bond acceptors (Lipinski definition) is 6. The third kappa shape index (κ3) is 3.68. The smallest absolute Gasteiger partial charge is 0.179 e. The lowest BCUT2D eigenvalue weighted by atomic mass is 10.2. The quantitative estimate of drug-likeness (QED) is 0.791. The molecule has 20 heavy (non-hydrogen) atoms. The van der Waals surface area contributed by atoms with Crippen molar-refractivity contribution < 1.29 is 0 Å². The number of nitrogens with zero attached hydrogens (tertiary/aromatic N) is 2. The standard InChI is InChI=1S/C13H14ClN3S3/c1-18-12-16-17-13(20-12)19-11-8(3-2-4-10(11)14)7-15-9-5-6-9/h2-4,9,15H,5-7H2,1H3. The highest BCUT2D eigenvalue weighted by atomic mass is 35.5. The Kier molecular flexibility index (Phi) is 4.88. The van der Waals surface area contributed by atoms with Crippen LogP contribution in [0.15, 0.2) is 31.8 Å². The maximum atomic E-state index is 6.35. The summed E-state index contributed by atoms with van der Waals surface area (Å²) in [6.45, 7) is 0.863. The van der Waals surface area contributed by atoms with Gasteiger partial charge in [0.2, 0.25) is 0 Å². The molecule has 0 spiro atoms. The molecule has 7 heteroatoms. The summed E-state index contributed by atoms with van der Waals surface area (Å²) in [4.78, 5) is 1.09. The molecule has 0 amide bonds. The maximum absolute atomic E-state index is 6.35. The Hall–Kier alpha value is -0.270. The van der Waals surface area contributed by atoms with Crippen molar-refractivity contribution in [2.75, 3.05) is 6.26 Å². The summed E-state index contributed by atoms with van der Waals surface area (Å²) in [7, 11) is 0. The van der Waals surface area contributed by atoms with Gasteiger partial charge in [0, 0.05) is 17.5 Å². The van der Waals surface area contributed by atoms with Crippen LogP contribution in [0.25, 0.3) is 0 Å². The maximum Gasteiger partial charge on any atom is 0.179 e. The Morgan fingerprint density at radius 3 is 2.85 bits per heavy atom. The normalized spacial score (nSPS) is 14.7. The van der Waals surface area contributed by atoms with Gasteiger partial charge >= 0.3 is 0 Å².